The quantitative estimate of drug-likeness (QED) is 0.671. The average Bonchev–Trinajstić information content (AvgIpc) is 2.20. The van der Waals surface area contributed by atoms with Crippen LogP contribution in [0, 0.1) is 11.3 Å². The first-order valence-electron chi connectivity index (χ1n) is 6.79. The molecule has 0 fully saturated rings. The fourth-order valence-corrected chi connectivity index (χ4v) is 2.57. The van der Waals surface area contributed by atoms with Crippen molar-refractivity contribution in [2.75, 3.05) is 46.0 Å². The smallest absolute Gasteiger partial charge is 0.00224 e. The lowest BCUT2D eigenvalue weighted by molar-refractivity contribution is 0.165. The van der Waals surface area contributed by atoms with E-state index in [1.54, 1.807) is 0 Å². The number of nitrogens with zero attached hydrogens (tertiary/aromatic N) is 2. The molecule has 0 aliphatic carbocycles. The molecular formula is C14H32N2S. The van der Waals surface area contributed by atoms with Crippen LogP contribution in [0.2, 0.25) is 0 Å². The summed E-state index contributed by atoms with van der Waals surface area (Å²) in [5.74, 6) is 1.65. The molecule has 0 saturated carbocycles. The highest BCUT2D eigenvalue weighted by molar-refractivity contribution is 7.80. The molecule has 0 heterocycles. The van der Waals surface area contributed by atoms with Gasteiger partial charge in [0.25, 0.3) is 0 Å². The van der Waals surface area contributed by atoms with Gasteiger partial charge in [0.05, 0.1) is 0 Å². The Bertz CT molecular complexity index is 187. The zero-order chi connectivity index (χ0) is 13.5. The Morgan fingerprint density at radius 2 is 1.71 bits per heavy atom. The van der Waals surface area contributed by atoms with Crippen LogP contribution in [-0.4, -0.2) is 55.8 Å². The normalized spacial score (nSPS) is 14.6. The molecule has 0 aromatic heterocycles. The van der Waals surface area contributed by atoms with Crippen molar-refractivity contribution in [1.29, 1.82) is 0 Å². The SMILES string of the molecule is CCN(CCCN(C)C)CC(CS)C(C)(C)C. The predicted octanol–water partition coefficient (Wildman–Crippen LogP) is 2.85. The van der Waals surface area contributed by atoms with Crippen LogP contribution in [0.5, 0.6) is 0 Å². The molecule has 0 amide bonds. The van der Waals surface area contributed by atoms with Crippen molar-refractivity contribution in [3.8, 4) is 0 Å². The molecule has 0 rings (SSSR count). The van der Waals surface area contributed by atoms with E-state index in [0.29, 0.717) is 11.3 Å². The monoisotopic (exact) mass is 260 g/mol. The van der Waals surface area contributed by atoms with Crippen molar-refractivity contribution in [3.05, 3.63) is 0 Å². The molecule has 0 aromatic rings. The third kappa shape index (κ3) is 8.06. The Hall–Kier alpha value is 0.270. The Morgan fingerprint density at radius 1 is 1.12 bits per heavy atom. The molecule has 0 aliphatic heterocycles. The van der Waals surface area contributed by atoms with Gasteiger partial charge < -0.3 is 9.80 Å². The summed E-state index contributed by atoms with van der Waals surface area (Å²) >= 11 is 4.51. The lowest BCUT2D eigenvalue weighted by Crippen LogP contribution is -2.37. The lowest BCUT2D eigenvalue weighted by Gasteiger charge is -2.34. The Labute approximate surface area is 114 Å². The highest BCUT2D eigenvalue weighted by Gasteiger charge is 2.24. The molecule has 2 nitrogen and oxygen atoms in total. The predicted molar refractivity (Wildman–Crippen MR) is 82.1 cm³/mol. The zero-order valence-electron chi connectivity index (χ0n) is 12.7. The first-order valence-corrected chi connectivity index (χ1v) is 7.42. The molecule has 3 heteroatoms. The minimum absolute atomic E-state index is 0.358. The number of hydrogen-bond donors (Lipinski definition) is 1. The van der Waals surface area contributed by atoms with Crippen LogP contribution in [0.3, 0.4) is 0 Å². The van der Waals surface area contributed by atoms with Gasteiger partial charge in [0.2, 0.25) is 0 Å². The van der Waals surface area contributed by atoms with Gasteiger partial charge in [-0.05, 0) is 57.2 Å². The maximum Gasteiger partial charge on any atom is 0.00224 e. The summed E-state index contributed by atoms with van der Waals surface area (Å²) in [5.41, 5.74) is 0.358. The lowest BCUT2D eigenvalue weighted by atomic mass is 9.81. The van der Waals surface area contributed by atoms with Gasteiger partial charge in [0, 0.05) is 6.54 Å². The molecule has 17 heavy (non-hydrogen) atoms. The Kier molecular flexibility index (Phi) is 8.52. The number of rotatable bonds is 8. The second kappa shape index (κ2) is 8.39. The molecule has 104 valence electrons. The fourth-order valence-electron chi connectivity index (χ4n) is 1.91. The van der Waals surface area contributed by atoms with Gasteiger partial charge >= 0.3 is 0 Å². The average molecular weight is 260 g/mol. The van der Waals surface area contributed by atoms with E-state index in [4.69, 9.17) is 0 Å². The summed E-state index contributed by atoms with van der Waals surface area (Å²) in [6.45, 7) is 13.9. The van der Waals surface area contributed by atoms with E-state index in [1.807, 2.05) is 0 Å². The molecule has 0 N–H and O–H groups in total. The van der Waals surface area contributed by atoms with E-state index >= 15 is 0 Å². The summed E-state index contributed by atoms with van der Waals surface area (Å²) in [5, 5.41) is 0. The second-order valence-corrected chi connectivity index (χ2v) is 6.66. The molecule has 0 spiro atoms. The van der Waals surface area contributed by atoms with Gasteiger partial charge in [-0.15, -0.1) is 0 Å². The molecule has 0 aromatic carbocycles. The van der Waals surface area contributed by atoms with Gasteiger partial charge in [-0.2, -0.15) is 12.6 Å². The van der Waals surface area contributed by atoms with Gasteiger partial charge in [-0.1, -0.05) is 27.7 Å². The standard InChI is InChI=1S/C14H32N2S/c1-7-16(10-8-9-15(5)6)11-13(12-17)14(2,3)4/h13,17H,7-12H2,1-6H3. The summed E-state index contributed by atoms with van der Waals surface area (Å²) in [7, 11) is 4.28. The molecule has 0 aliphatic rings. The van der Waals surface area contributed by atoms with Crippen molar-refractivity contribution in [2.24, 2.45) is 11.3 Å². The Balaban J connectivity index is 4.10. The second-order valence-electron chi connectivity index (χ2n) is 6.30. The summed E-state index contributed by atoms with van der Waals surface area (Å²) in [6, 6.07) is 0. The van der Waals surface area contributed by atoms with Crippen molar-refractivity contribution in [2.45, 2.75) is 34.1 Å². The van der Waals surface area contributed by atoms with Crippen molar-refractivity contribution >= 4 is 12.6 Å². The van der Waals surface area contributed by atoms with Crippen LogP contribution in [0.25, 0.3) is 0 Å². The number of thiol groups is 1. The molecular weight excluding hydrogens is 228 g/mol. The first-order chi connectivity index (χ1) is 7.81. The van der Waals surface area contributed by atoms with E-state index in [9.17, 15) is 0 Å². The molecule has 0 saturated heterocycles. The largest absolute Gasteiger partial charge is 0.309 e. The molecule has 0 bridgehead atoms. The topological polar surface area (TPSA) is 6.48 Å². The minimum Gasteiger partial charge on any atom is -0.309 e. The van der Waals surface area contributed by atoms with Gasteiger partial charge in [0.15, 0.2) is 0 Å². The number of hydrogen-bond acceptors (Lipinski definition) is 3. The van der Waals surface area contributed by atoms with Crippen LogP contribution < -0.4 is 0 Å². The van der Waals surface area contributed by atoms with Crippen LogP contribution in [0.15, 0.2) is 0 Å². The first kappa shape index (κ1) is 17.3. The molecule has 1 atom stereocenters. The Morgan fingerprint density at radius 3 is 2.06 bits per heavy atom. The van der Waals surface area contributed by atoms with Crippen LogP contribution in [0.4, 0.5) is 0 Å². The van der Waals surface area contributed by atoms with Crippen LogP contribution in [0.1, 0.15) is 34.1 Å². The fraction of sp³-hybridized carbons (Fsp3) is 1.00. The third-order valence-electron chi connectivity index (χ3n) is 3.45. The van der Waals surface area contributed by atoms with Crippen molar-refractivity contribution < 1.29 is 0 Å². The maximum atomic E-state index is 4.51. The van der Waals surface area contributed by atoms with E-state index < -0.39 is 0 Å². The summed E-state index contributed by atoms with van der Waals surface area (Å²) < 4.78 is 0. The van der Waals surface area contributed by atoms with Gasteiger partial charge in [-0.25, -0.2) is 0 Å². The van der Waals surface area contributed by atoms with Crippen molar-refractivity contribution in [1.82, 2.24) is 9.80 Å². The molecule has 0 radical (unpaired) electrons. The van der Waals surface area contributed by atoms with Crippen molar-refractivity contribution in [3.63, 3.8) is 0 Å². The summed E-state index contributed by atoms with van der Waals surface area (Å²) in [4.78, 5) is 4.82. The zero-order valence-corrected chi connectivity index (χ0v) is 13.6. The van der Waals surface area contributed by atoms with Crippen LogP contribution in [-0.2, 0) is 0 Å². The molecule has 1 unspecified atom stereocenters. The van der Waals surface area contributed by atoms with E-state index in [0.717, 1.165) is 12.3 Å². The minimum atomic E-state index is 0.358. The van der Waals surface area contributed by atoms with Gasteiger partial charge in [0.1, 0.15) is 0 Å². The highest BCUT2D eigenvalue weighted by Crippen LogP contribution is 2.27. The third-order valence-corrected chi connectivity index (χ3v) is 3.89. The maximum absolute atomic E-state index is 4.51. The summed E-state index contributed by atoms with van der Waals surface area (Å²) in [6.07, 6.45) is 1.25. The van der Waals surface area contributed by atoms with E-state index in [1.165, 1.54) is 26.1 Å². The van der Waals surface area contributed by atoms with Crippen LogP contribution >= 0.6 is 12.6 Å². The highest BCUT2D eigenvalue weighted by atomic mass is 32.1. The van der Waals surface area contributed by atoms with E-state index in [2.05, 4.69) is 64.2 Å². The van der Waals surface area contributed by atoms with Gasteiger partial charge in [-0.3, -0.25) is 0 Å². The van der Waals surface area contributed by atoms with E-state index in [-0.39, 0.29) is 0 Å².